The molecule has 0 N–H and O–H groups in total. The van der Waals surface area contributed by atoms with E-state index in [4.69, 9.17) is 14.5 Å². The summed E-state index contributed by atoms with van der Waals surface area (Å²) >= 11 is 1.68. The van der Waals surface area contributed by atoms with Crippen LogP contribution < -0.4 is 4.90 Å². The average Bonchev–Trinajstić information content (AvgIpc) is 3.22. The Labute approximate surface area is 175 Å². The van der Waals surface area contributed by atoms with Crippen LogP contribution >= 0.6 is 11.3 Å². The van der Waals surface area contributed by atoms with Crippen LogP contribution in [-0.4, -0.2) is 64.9 Å². The molecule has 0 aliphatic carbocycles. The standard InChI is InChI=1S/C21H28N4O3S/c1-20(2,3)28-19(26)24-10-7-21(8-11-24)15-25(12-13-27-21)18-22-9-6-16(23-18)17-5-4-14-29-17/h4-6,9,14H,7-8,10-13,15H2,1-3H3. The van der Waals surface area contributed by atoms with Crippen LogP contribution in [-0.2, 0) is 9.47 Å². The number of likely N-dealkylation sites (tertiary alicyclic amines) is 1. The second-order valence-electron chi connectivity index (χ2n) is 8.64. The van der Waals surface area contributed by atoms with E-state index >= 15 is 0 Å². The number of rotatable bonds is 2. The minimum absolute atomic E-state index is 0.244. The third-order valence-electron chi connectivity index (χ3n) is 5.27. The van der Waals surface area contributed by atoms with Crippen LogP contribution in [0.15, 0.2) is 29.8 Å². The number of hydrogen-bond acceptors (Lipinski definition) is 7. The van der Waals surface area contributed by atoms with Crippen molar-refractivity contribution in [1.82, 2.24) is 14.9 Å². The van der Waals surface area contributed by atoms with Gasteiger partial charge in [-0.2, -0.15) is 0 Å². The van der Waals surface area contributed by atoms with E-state index < -0.39 is 5.60 Å². The van der Waals surface area contributed by atoms with Crippen molar-refractivity contribution in [3.05, 3.63) is 29.8 Å². The van der Waals surface area contributed by atoms with E-state index in [1.807, 2.05) is 39.1 Å². The molecule has 2 fully saturated rings. The second kappa shape index (κ2) is 7.91. The van der Waals surface area contributed by atoms with E-state index in [1.54, 1.807) is 16.2 Å². The summed E-state index contributed by atoms with van der Waals surface area (Å²) < 4.78 is 11.7. The first-order chi connectivity index (χ1) is 13.8. The normalized spacial score (nSPS) is 19.4. The summed E-state index contributed by atoms with van der Waals surface area (Å²) in [4.78, 5) is 26.8. The monoisotopic (exact) mass is 416 g/mol. The average molecular weight is 417 g/mol. The molecule has 2 aliphatic heterocycles. The van der Waals surface area contributed by atoms with Crippen LogP contribution in [0.1, 0.15) is 33.6 Å². The quantitative estimate of drug-likeness (QED) is 0.742. The number of carbonyl (C=O) groups is 1. The van der Waals surface area contributed by atoms with Gasteiger partial charge in [-0.3, -0.25) is 0 Å². The molecule has 8 heteroatoms. The molecule has 0 radical (unpaired) electrons. The molecule has 2 saturated heterocycles. The van der Waals surface area contributed by atoms with Crippen molar-refractivity contribution in [1.29, 1.82) is 0 Å². The van der Waals surface area contributed by atoms with Gasteiger partial charge in [0.05, 0.1) is 29.3 Å². The first-order valence-electron chi connectivity index (χ1n) is 10.1. The summed E-state index contributed by atoms with van der Waals surface area (Å²) in [5, 5.41) is 2.05. The highest BCUT2D eigenvalue weighted by Crippen LogP contribution is 2.32. The van der Waals surface area contributed by atoms with Crippen LogP contribution in [0.2, 0.25) is 0 Å². The zero-order valence-electron chi connectivity index (χ0n) is 17.3. The molecule has 2 aromatic heterocycles. The Morgan fingerprint density at radius 1 is 1.24 bits per heavy atom. The lowest BCUT2D eigenvalue weighted by Gasteiger charge is -2.47. The van der Waals surface area contributed by atoms with Gasteiger partial charge in [0.1, 0.15) is 5.60 Å². The number of hydrogen-bond donors (Lipinski definition) is 0. The van der Waals surface area contributed by atoms with Crippen LogP contribution in [0.3, 0.4) is 0 Å². The molecule has 7 nitrogen and oxygen atoms in total. The van der Waals surface area contributed by atoms with Crippen molar-refractivity contribution in [2.45, 2.75) is 44.8 Å². The van der Waals surface area contributed by atoms with E-state index in [-0.39, 0.29) is 11.7 Å². The van der Waals surface area contributed by atoms with Crippen LogP contribution in [0.4, 0.5) is 10.7 Å². The molecule has 2 aromatic rings. The number of morpholine rings is 1. The Kier molecular flexibility index (Phi) is 5.48. The number of thiophene rings is 1. The lowest BCUT2D eigenvalue weighted by Crippen LogP contribution is -2.58. The van der Waals surface area contributed by atoms with E-state index in [0.717, 1.165) is 42.5 Å². The molecule has 0 atom stereocenters. The van der Waals surface area contributed by atoms with Crippen molar-refractivity contribution >= 4 is 23.4 Å². The third-order valence-corrected chi connectivity index (χ3v) is 6.17. The largest absolute Gasteiger partial charge is 0.444 e. The molecule has 1 amide bonds. The second-order valence-corrected chi connectivity index (χ2v) is 9.59. The fraction of sp³-hybridized carbons (Fsp3) is 0.571. The summed E-state index contributed by atoms with van der Waals surface area (Å²) in [5.41, 5.74) is 0.208. The van der Waals surface area contributed by atoms with Gasteiger partial charge in [-0.05, 0) is 51.1 Å². The van der Waals surface area contributed by atoms with Crippen molar-refractivity contribution in [3.8, 4) is 10.6 Å². The van der Waals surface area contributed by atoms with Crippen LogP contribution in [0.5, 0.6) is 0 Å². The number of ether oxygens (including phenoxy) is 2. The summed E-state index contributed by atoms with van der Waals surface area (Å²) in [6.07, 6.45) is 3.15. The molecule has 4 heterocycles. The van der Waals surface area contributed by atoms with Gasteiger partial charge in [-0.1, -0.05) is 6.07 Å². The number of nitrogens with zero attached hydrogens (tertiary/aromatic N) is 4. The maximum atomic E-state index is 12.4. The lowest BCUT2D eigenvalue weighted by atomic mass is 9.89. The van der Waals surface area contributed by atoms with Crippen molar-refractivity contribution in [3.63, 3.8) is 0 Å². The van der Waals surface area contributed by atoms with Gasteiger partial charge in [0.25, 0.3) is 0 Å². The molecule has 2 aliphatic rings. The highest BCUT2D eigenvalue weighted by molar-refractivity contribution is 7.13. The molecular weight excluding hydrogens is 388 g/mol. The molecule has 29 heavy (non-hydrogen) atoms. The van der Waals surface area contributed by atoms with Crippen molar-refractivity contribution in [2.75, 3.05) is 37.7 Å². The fourth-order valence-corrected chi connectivity index (χ4v) is 4.50. The molecular formula is C21H28N4O3S. The number of anilines is 1. The zero-order valence-corrected chi connectivity index (χ0v) is 18.1. The predicted octanol–water partition coefficient (Wildman–Crippen LogP) is 3.81. The Balaban J connectivity index is 1.42. The Morgan fingerprint density at radius 2 is 2.03 bits per heavy atom. The maximum absolute atomic E-state index is 12.4. The topological polar surface area (TPSA) is 67.8 Å². The van der Waals surface area contributed by atoms with Crippen molar-refractivity contribution < 1.29 is 14.3 Å². The third kappa shape index (κ3) is 4.70. The molecule has 0 unspecified atom stereocenters. The van der Waals surface area contributed by atoms with Crippen LogP contribution in [0.25, 0.3) is 10.6 Å². The Morgan fingerprint density at radius 3 is 2.72 bits per heavy atom. The summed E-state index contributed by atoms with van der Waals surface area (Å²) in [6, 6.07) is 6.05. The van der Waals surface area contributed by atoms with Gasteiger partial charge >= 0.3 is 6.09 Å². The molecule has 0 saturated carbocycles. The smallest absolute Gasteiger partial charge is 0.410 e. The van der Waals surface area contributed by atoms with Crippen molar-refractivity contribution in [2.24, 2.45) is 0 Å². The first kappa shape index (κ1) is 20.1. The summed E-state index contributed by atoms with van der Waals surface area (Å²) in [7, 11) is 0. The summed E-state index contributed by atoms with van der Waals surface area (Å²) in [6.45, 7) is 9.10. The minimum Gasteiger partial charge on any atom is -0.444 e. The Bertz CT molecular complexity index is 842. The van der Waals surface area contributed by atoms with Crippen LogP contribution in [0, 0.1) is 0 Å². The van der Waals surface area contributed by atoms with Gasteiger partial charge in [-0.15, -0.1) is 11.3 Å². The highest BCUT2D eigenvalue weighted by atomic mass is 32.1. The fourth-order valence-electron chi connectivity index (χ4n) is 3.80. The van der Waals surface area contributed by atoms with E-state index in [0.29, 0.717) is 19.7 Å². The van der Waals surface area contributed by atoms with Gasteiger partial charge in [0.2, 0.25) is 5.95 Å². The molecule has 4 rings (SSSR count). The van der Waals surface area contributed by atoms with E-state index in [1.165, 1.54) is 0 Å². The SMILES string of the molecule is CC(C)(C)OC(=O)N1CCC2(CC1)CN(c1nccc(-c3cccs3)n1)CCO2. The number of aromatic nitrogens is 2. The lowest BCUT2D eigenvalue weighted by molar-refractivity contribution is -0.0915. The predicted molar refractivity (Wildman–Crippen MR) is 113 cm³/mol. The van der Waals surface area contributed by atoms with E-state index in [2.05, 4.69) is 21.3 Å². The first-order valence-corrected chi connectivity index (χ1v) is 11.0. The number of carbonyl (C=O) groups excluding carboxylic acids is 1. The van der Waals surface area contributed by atoms with Gasteiger partial charge in [-0.25, -0.2) is 14.8 Å². The van der Waals surface area contributed by atoms with Gasteiger partial charge < -0.3 is 19.3 Å². The number of piperidine rings is 1. The molecule has 156 valence electrons. The minimum atomic E-state index is -0.477. The number of amides is 1. The zero-order chi connectivity index (χ0) is 20.5. The highest BCUT2D eigenvalue weighted by Gasteiger charge is 2.42. The summed E-state index contributed by atoms with van der Waals surface area (Å²) in [5.74, 6) is 0.744. The van der Waals surface area contributed by atoms with E-state index in [9.17, 15) is 4.79 Å². The molecule has 0 aromatic carbocycles. The maximum Gasteiger partial charge on any atom is 0.410 e. The van der Waals surface area contributed by atoms with Gasteiger partial charge in [0, 0.05) is 25.8 Å². The Hall–Kier alpha value is -2.19. The van der Waals surface area contributed by atoms with Gasteiger partial charge in [0.15, 0.2) is 0 Å². The molecule has 0 bridgehead atoms. The molecule has 1 spiro atoms.